The van der Waals surface area contributed by atoms with Crippen molar-refractivity contribution in [3.63, 3.8) is 0 Å². The monoisotopic (exact) mass is 786 g/mol. The molecule has 0 aromatic heterocycles. The summed E-state index contributed by atoms with van der Waals surface area (Å²) in [6.07, 6.45) is -4.74. The predicted molar refractivity (Wildman–Crippen MR) is 191 cm³/mol. The van der Waals surface area contributed by atoms with Gasteiger partial charge in [0, 0.05) is 51.7 Å². The number of amides is 2. The molecule has 0 bridgehead atoms. The van der Waals surface area contributed by atoms with Crippen molar-refractivity contribution >= 4 is 50.9 Å². The van der Waals surface area contributed by atoms with Gasteiger partial charge >= 0.3 is 12.4 Å². The van der Waals surface area contributed by atoms with Crippen LogP contribution in [-0.2, 0) is 28.6 Å². The van der Waals surface area contributed by atoms with Crippen molar-refractivity contribution in [3.8, 4) is 0 Å². The van der Waals surface area contributed by atoms with E-state index in [0.717, 1.165) is 47.8 Å². The van der Waals surface area contributed by atoms with Gasteiger partial charge < -0.3 is 22.1 Å². The second-order valence-electron chi connectivity index (χ2n) is 11.3. The highest BCUT2D eigenvalue weighted by atomic mass is 32.2. The molecule has 0 saturated carbocycles. The van der Waals surface area contributed by atoms with Crippen LogP contribution in [0, 0.1) is 5.92 Å². The molecule has 52 heavy (non-hydrogen) atoms. The van der Waals surface area contributed by atoms with Crippen LogP contribution in [0.2, 0.25) is 0 Å². The summed E-state index contributed by atoms with van der Waals surface area (Å²) in [5.41, 5.74) is 9.03. The molecule has 1 heterocycles. The smallest absolute Gasteiger partial charge is 0.330 e. The molecule has 1 aliphatic heterocycles. The molecule has 2 aliphatic rings. The zero-order chi connectivity index (χ0) is 38.4. The molecule has 5 rings (SSSR count). The van der Waals surface area contributed by atoms with E-state index in [1.165, 1.54) is 42.5 Å². The highest BCUT2D eigenvalue weighted by molar-refractivity contribution is 7.99. The summed E-state index contributed by atoms with van der Waals surface area (Å²) in [5.74, 6) is -1.62. The zero-order valence-electron chi connectivity index (χ0n) is 27.9. The van der Waals surface area contributed by atoms with E-state index in [1.807, 2.05) is 13.8 Å². The number of sulfone groups is 1. The largest absolute Gasteiger partial charge is 0.416 e. The minimum absolute atomic E-state index is 0.0267. The first-order valence-electron chi connectivity index (χ1n) is 16.0. The highest BCUT2D eigenvalue weighted by Gasteiger charge is 2.40. The van der Waals surface area contributed by atoms with Crippen molar-refractivity contribution in [2.24, 2.45) is 17.4 Å². The average Bonchev–Trinajstić information content (AvgIpc) is 3.10. The average molecular weight is 787 g/mol. The third kappa shape index (κ3) is 9.41. The molecule has 0 spiro atoms. The van der Waals surface area contributed by atoms with Crippen LogP contribution in [0.4, 0.5) is 32.0 Å². The molecule has 2 amide bonds. The van der Waals surface area contributed by atoms with Gasteiger partial charge in [0.25, 0.3) is 11.8 Å². The van der Waals surface area contributed by atoms with Crippen LogP contribution in [-0.4, -0.2) is 50.1 Å². The first kappa shape index (κ1) is 41.0. The quantitative estimate of drug-likeness (QED) is 0.124. The maximum atomic E-state index is 13.9. The van der Waals surface area contributed by atoms with Gasteiger partial charge in [-0.15, -0.1) is 23.5 Å². The maximum absolute atomic E-state index is 13.9. The van der Waals surface area contributed by atoms with Gasteiger partial charge in [-0.1, -0.05) is 26.0 Å². The minimum atomic E-state index is -4.71. The van der Waals surface area contributed by atoms with E-state index in [1.54, 1.807) is 6.08 Å². The number of rotatable bonds is 10. The number of halogens is 6. The summed E-state index contributed by atoms with van der Waals surface area (Å²) < 4.78 is 109. The summed E-state index contributed by atoms with van der Waals surface area (Å²) in [6, 6.07) is 9.74. The molecular formula is C35H36F6N4O4S3. The lowest BCUT2D eigenvalue weighted by Gasteiger charge is -2.32. The van der Waals surface area contributed by atoms with Gasteiger partial charge in [0.05, 0.1) is 32.4 Å². The number of fused-ring (bicyclic) bond motifs is 2. The highest BCUT2D eigenvalue weighted by Crippen LogP contribution is 2.40. The number of thioether (sulfide) groups is 2. The second-order valence-corrected chi connectivity index (χ2v) is 15.6. The van der Waals surface area contributed by atoms with E-state index in [0.29, 0.717) is 17.1 Å². The van der Waals surface area contributed by atoms with Crippen LogP contribution in [0.3, 0.4) is 0 Å². The van der Waals surface area contributed by atoms with Crippen LogP contribution >= 0.6 is 23.5 Å². The third-order valence-electron chi connectivity index (χ3n) is 7.85. The van der Waals surface area contributed by atoms with Gasteiger partial charge in [-0.3, -0.25) is 9.59 Å². The van der Waals surface area contributed by atoms with Crippen molar-refractivity contribution in [1.82, 2.24) is 5.32 Å². The molecular weight excluding hydrogens is 751 g/mol. The number of carbonyl (C=O) groups excluding carboxylic acids is 2. The van der Waals surface area contributed by atoms with Gasteiger partial charge in [-0.05, 0) is 72.7 Å². The van der Waals surface area contributed by atoms with Crippen molar-refractivity contribution in [1.29, 1.82) is 0 Å². The Balaban J connectivity index is 0.00000297. The Morgan fingerprint density at radius 3 is 1.81 bits per heavy atom. The number of alkyl halides is 6. The Bertz CT molecular complexity index is 1980. The normalized spacial score (nSPS) is 17.5. The first-order chi connectivity index (χ1) is 24.5. The summed E-state index contributed by atoms with van der Waals surface area (Å²) in [4.78, 5) is 26.9. The fourth-order valence-corrected chi connectivity index (χ4v) is 9.19. The Labute approximate surface area is 305 Å². The number of hydrogen-bond donors (Lipinski definition) is 4. The van der Waals surface area contributed by atoms with Crippen molar-refractivity contribution < 1.29 is 44.3 Å². The van der Waals surface area contributed by atoms with Crippen molar-refractivity contribution in [2.75, 3.05) is 29.9 Å². The minimum Gasteiger partial charge on any atom is -0.330 e. The molecule has 0 fully saturated rings. The lowest BCUT2D eigenvalue weighted by molar-refractivity contribution is -0.138. The molecule has 2 unspecified atom stereocenters. The van der Waals surface area contributed by atoms with Crippen LogP contribution in [0.25, 0.3) is 0 Å². The number of anilines is 1. The fourth-order valence-electron chi connectivity index (χ4n) is 5.50. The van der Waals surface area contributed by atoms with E-state index >= 15 is 0 Å². The van der Waals surface area contributed by atoms with E-state index in [2.05, 4.69) is 10.6 Å². The molecule has 0 saturated heterocycles. The Kier molecular flexibility index (Phi) is 13.3. The Hall–Kier alpha value is -3.77. The number of benzene rings is 3. The third-order valence-corrected chi connectivity index (χ3v) is 12.3. The van der Waals surface area contributed by atoms with E-state index in [4.69, 9.17) is 11.5 Å². The summed E-state index contributed by atoms with van der Waals surface area (Å²) in [5, 5.41) is 3.87. The van der Waals surface area contributed by atoms with Crippen LogP contribution in [0.15, 0.2) is 93.2 Å². The fraction of sp³-hybridized carbons (Fsp3) is 0.314. The second kappa shape index (κ2) is 16.9. The first-order valence-corrected chi connectivity index (χ1v) is 19.5. The topological polar surface area (TPSA) is 144 Å². The van der Waals surface area contributed by atoms with Crippen LogP contribution < -0.4 is 22.1 Å². The lowest BCUT2D eigenvalue weighted by Crippen LogP contribution is -2.37. The molecule has 1 aliphatic carbocycles. The number of hydrogen-bond acceptors (Lipinski definition) is 8. The van der Waals surface area contributed by atoms with Crippen molar-refractivity contribution in [3.05, 3.63) is 106 Å². The molecule has 280 valence electrons. The number of nitrogens with one attached hydrogen (secondary N) is 2. The van der Waals surface area contributed by atoms with Gasteiger partial charge in [0.1, 0.15) is 0 Å². The number of allylic oxidation sites excluding steroid dienone is 2. The standard InChI is InChI=1S/C33H30F6N4O4S3.C2H6/c34-32(35,36)20-3-7-26(48-11-9-40)24(14-20)30(44)42-22-5-1-18-13-19-2-6-23(17-29(19)50(46,47)28(18)16-22)43-31(45)25-15-21(33(37,38)39)4-8-27(25)49-12-10-41;1-2/h1-8,14-18,28H,9-13,40-41H2,(H,42,44)(H,43,45);1-2H3. The number of carbonyl (C=O) groups is 2. The molecule has 17 heteroatoms. The molecule has 2 atom stereocenters. The van der Waals surface area contributed by atoms with E-state index in [9.17, 15) is 44.3 Å². The molecule has 6 N–H and O–H groups in total. The zero-order valence-corrected chi connectivity index (χ0v) is 30.3. The summed E-state index contributed by atoms with van der Waals surface area (Å²) in [6.45, 7) is 4.43. The van der Waals surface area contributed by atoms with Gasteiger partial charge in [0.15, 0.2) is 9.84 Å². The summed E-state index contributed by atoms with van der Waals surface area (Å²) >= 11 is 2.20. The maximum Gasteiger partial charge on any atom is 0.416 e. The SMILES string of the molecule is CC.NCCSc1ccc(C(F)(F)F)cc1C(=O)NC1=CC2C(C=C1)Cc1ccc(NC(=O)c3cc(C(F)(F)F)ccc3SCCN)cc1S2(=O)=O. The Morgan fingerprint density at radius 2 is 1.31 bits per heavy atom. The molecule has 3 aromatic carbocycles. The number of nitrogens with two attached hydrogens (primary N) is 2. The summed E-state index contributed by atoms with van der Waals surface area (Å²) in [7, 11) is -4.16. The van der Waals surface area contributed by atoms with Gasteiger partial charge in [-0.25, -0.2) is 8.42 Å². The van der Waals surface area contributed by atoms with E-state index in [-0.39, 0.29) is 56.7 Å². The molecule has 8 nitrogen and oxygen atoms in total. The van der Waals surface area contributed by atoms with Crippen LogP contribution in [0.1, 0.15) is 51.3 Å². The van der Waals surface area contributed by atoms with Crippen molar-refractivity contribution in [2.45, 2.75) is 52.6 Å². The van der Waals surface area contributed by atoms with Gasteiger partial charge in [-0.2, -0.15) is 26.3 Å². The molecule has 0 radical (unpaired) electrons. The lowest BCUT2D eigenvalue weighted by atomic mass is 9.91. The molecule has 3 aromatic rings. The predicted octanol–water partition coefficient (Wildman–Crippen LogP) is 7.30. The Morgan fingerprint density at radius 1 is 0.788 bits per heavy atom. The van der Waals surface area contributed by atoms with Crippen LogP contribution in [0.5, 0.6) is 0 Å². The van der Waals surface area contributed by atoms with Gasteiger partial charge in [0.2, 0.25) is 0 Å². The van der Waals surface area contributed by atoms with E-state index < -0.39 is 56.3 Å².